The van der Waals surface area contributed by atoms with Gasteiger partial charge in [-0.2, -0.15) is 0 Å². The molecule has 3 heterocycles. The first kappa shape index (κ1) is 27.0. The second kappa shape index (κ2) is 11.2. The number of benzene rings is 6. The first-order chi connectivity index (χ1) is 23.3. The van der Waals surface area contributed by atoms with Gasteiger partial charge in [-0.25, -0.2) is 0 Å². The Bertz CT molecular complexity index is 2420. The third-order valence-electron chi connectivity index (χ3n) is 9.16. The van der Waals surface area contributed by atoms with Gasteiger partial charge in [0.2, 0.25) is 0 Å². The normalized spacial score (nSPS) is 11.4. The molecule has 9 rings (SSSR count). The standard InChI is InChI=1S/C44H29N3/c1-2-16-39-30(8-1)9-5-17-42(39)47-43-26-35(31-10-3-12-33(24-31)37-14-6-22-45-28-37)18-20-40(43)41-21-19-36(27-44(41)47)32-11-4-13-34(25-32)38-15-7-23-46-29-38/h1-29H. The molecule has 0 radical (unpaired) electrons. The Morgan fingerprint density at radius 2 is 0.809 bits per heavy atom. The molecule has 3 aromatic heterocycles. The highest BCUT2D eigenvalue weighted by atomic mass is 15.0. The summed E-state index contributed by atoms with van der Waals surface area (Å²) in [5.74, 6) is 0. The molecular formula is C44H29N3. The van der Waals surface area contributed by atoms with Gasteiger partial charge in [0.25, 0.3) is 0 Å². The summed E-state index contributed by atoms with van der Waals surface area (Å²) in [6, 6.07) is 54.7. The number of rotatable bonds is 5. The largest absolute Gasteiger partial charge is 0.309 e. The van der Waals surface area contributed by atoms with E-state index in [9.17, 15) is 0 Å². The monoisotopic (exact) mass is 599 g/mol. The van der Waals surface area contributed by atoms with E-state index < -0.39 is 0 Å². The molecule has 0 spiro atoms. The van der Waals surface area contributed by atoms with Crippen molar-refractivity contribution < 1.29 is 0 Å². The van der Waals surface area contributed by atoms with E-state index in [0.717, 1.165) is 22.3 Å². The molecule has 0 aliphatic carbocycles. The molecule has 0 aliphatic heterocycles. The molecule has 3 nitrogen and oxygen atoms in total. The molecule has 0 amide bonds. The van der Waals surface area contributed by atoms with Gasteiger partial charge in [0, 0.05) is 52.1 Å². The SMILES string of the molecule is c1cncc(-c2cccc(-c3ccc4c5ccc(-c6cccc(-c7cccnc7)c6)cc5n(-c5cccc6ccccc56)c4c3)c2)c1. The van der Waals surface area contributed by atoms with Crippen LogP contribution in [0.5, 0.6) is 0 Å². The maximum atomic E-state index is 4.34. The fourth-order valence-corrected chi connectivity index (χ4v) is 6.86. The van der Waals surface area contributed by atoms with Crippen molar-refractivity contribution in [1.29, 1.82) is 0 Å². The second-order valence-corrected chi connectivity index (χ2v) is 11.9. The van der Waals surface area contributed by atoms with Gasteiger partial charge in [-0.15, -0.1) is 0 Å². The van der Waals surface area contributed by atoms with E-state index in [4.69, 9.17) is 0 Å². The van der Waals surface area contributed by atoms with Crippen LogP contribution in [0.3, 0.4) is 0 Å². The summed E-state index contributed by atoms with van der Waals surface area (Å²) in [4.78, 5) is 8.68. The predicted octanol–water partition coefficient (Wildman–Crippen LogP) is 11.4. The minimum absolute atomic E-state index is 1.11. The van der Waals surface area contributed by atoms with E-state index in [1.807, 2.05) is 36.9 Å². The zero-order valence-electron chi connectivity index (χ0n) is 25.6. The molecule has 0 bridgehead atoms. The molecule has 0 aliphatic rings. The van der Waals surface area contributed by atoms with Crippen molar-refractivity contribution in [1.82, 2.24) is 14.5 Å². The number of hydrogen-bond donors (Lipinski definition) is 0. The van der Waals surface area contributed by atoms with E-state index in [1.54, 1.807) is 0 Å². The summed E-state index contributed by atoms with van der Waals surface area (Å²) in [7, 11) is 0. The van der Waals surface area contributed by atoms with Crippen molar-refractivity contribution in [3.05, 3.63) is 176 Å². The number of aromatic nitrogens is 3. The molecule has 47 heavy (non-hydrogen) atoms. The summed E-state index contributed by atoms with van der Waals surface area (Å²) < 4.78 is 2.45. The molecule has 220 valence electrons. The van der Waals surface area contributed by atoms with Gasteiger partial charge in [-0.05, 0) is 81.2 Å². The van der Waals surface area contributed by atoms with Crippen molar-refractivity contribution in [3.63, 3.8) is 0 Å². The van der Waals surface area contributed by atoms with Crippen LogP contribution in [0, 0.1) is 0 Å². The van der Waals surface area contributed by atoms with Crippen LogP contribution in [0.1, 0.15) is 0 Å². The van der Waals surface area contributed by atoms with Gasteiger partial charge in [0.05, 0.1) is 16.7 Å². The van der Waals surface area contributed by atoms with E-state index in [-0.39, 0.29) is 0 Å². The van der Waals surface area contributed by atoms with Gasteiger partial charge in [0.15, 0.2) is 0 Å². The number of nitrogens with zero attached hydrogens (tertiary/aromatic N) is 3. The molecule has 0 atom stereocenters. The molecule has 3 heteroatoms. The van der Waals surface area contributed by atoms with E-state index >= 15 is 0 Å². The summed E-state index contributed by atoms with van der Waals surface area (Å²) >= 11 is 0. The lowest BCUT2D eigenvalue weighted by Gasteiger charge is -2.13. The van der Waals surface area contributed by atoms with Gasteiger partial charge in [-0.1, -0.05) is 109 Å². The van der Waals surface area contributed by atoms with Crippen molar-refractivity contribution in [2.45, 2.75) is 0 Å². The van der Waals surface area contributed by atoms with Crippen LogP contribution in [0.4, 0.5) is 0 Å². The first-order valence-corrected chi connectivity index (χ1v) is 15.9. The molecule has 0 unspecified atom stereocenters. The van der Waals surface area contributed by atoms with E-state index in [2.05, 4.69) is 154 Å². The quantitative estimate of drug-likeness (QED) is 0.197. The average Bonchev–Trinajstić information content (AvgIpc) is 3.48. The lowest BCUT2D eigenvalue weighted by Crippen LogP contribution is -1.96. The summed E-state index contributed by atoms with van der Waals surface area (Å²) in [5.41, 5.74) is 12.8. The van der Waals surface area contributed by atoms with Crippen molar-refractivity contribution >= 4 is 32.6 Å². The third-order valence-corrected chi connectivity index (χ3v) is 9.16. The lowest BCUT2D eigenvalue weighted by molar-refractivity contribution is 1.20. The van der Waals surface area contributed by atoms with Crippen LogP contribution < -0.4 is 0 Å². The third kappa shape index (κ3) is 4.77. The number of pyridine rings is 2. The topological polar surface area (TPSA) is 30.7 Å². The Labute approximate surface area is 273 Å². The maximum absolute atomic E-state index is 4.34. The fourth-order valence-electron chi connectivity index (χ4n) is 6.86. The van der Waals surface area contributed by atoms with Crippen LogP contribution in [0.2, 0.25) is 0 Å². The van der Waals surface area contributed by atoms with E-state index in [0.29, 0.717) is 0 Å². The van der Waals surface area contributed by atoms with Crippen molar-refractivity contribution in [2.75, 3.05) is 0 Å². The second-order valence-electron chi connectivity index (χ2n) is 11.9. The highest BCUT2D eigenvalue weighted by molar-refractivity contribution is 6.12. The van der Waals surface area contributed by atoms with Crippen LogP contribution in [0.15, 0.2) is 176 Å². The Morgan fingerprint density at radius 1 is 0.340 bits per heavy atom. The van der Waals surface area contributed by atoms with Crippen LogP contribution in [-0.2, 0) is 0 Å². The van der Waals surface area contributed by atoms with Gasteiger partial charge in [-0.3, -0.25) is 9.97 Å². The highest BCUT2D eigenvalue weighted by Crippen LogP contribution is 2.39. The molecule has 9 aromatic rings. The first-order valence-electron chi connectivity index (χ1n) is 15.9. The van der Waals surface area contributed by atoms with E-state index in [1.165, 1.54) is 60.5 Å². The van der Waals surface area contributed by atoms with Crippen LogP contribution >= 0.6 is 0 Å². The van der Waals surface area contributed by atoms with Crippen LogP contribution in [0.25, 0.3) is 82.8 Å². The zero-order valence-corrected chi connectivity index (χ0v) is 25.6. The highest BCUT2D eigenvalue weighted by Gasteiger charge is 2.17. The molecule has 0 N–H and O–H groups in total. The minimum atomic E-state index is 1.11. The molecule has 0 saturated heterocycles. The van der Waals surface area contributed by atoms with Gasteiger partial charge in [0.1, 0.15) is 0 Å². The zero-order chi connectivity index (χ0) is 31.2. The fraction of sp³-hybridized carbons (Fsp3) is 0. The Balaban J connectivity index is 1.28. The van der Waals surface area contributed by atoms with Gasteiger partial charge >= 0.3 is 0 Å². The number of fused-ring (bicyclic) bond motifs is 4. The van der Waals surface area contributed by atoms with Gasteiger partial charge < -0.3 is 4.57 Å². The van der Waals surface area contributed by atoms with Crippen LogP contribution in [-0.4, -0.2) is 14.5 Å². The predicted molar refractivity (Wildman–Crippen MR) is 196 cm³/mol. The number of hydrogen-bond acceptors (Lipinski definition) is 2. The molecule has 6 aromatic carbocycles. The van der Waals surface area contributed by atoms with Crippen molar-refractivity contribution in [3.8, 4) is 50.2 Å². The Kier molecular flexibility index (Phi) is 6.46. The summed E-state index contributed by atoms with van der Waals surface area (Å²) in [5, 5.41) is 4.91. The Hall–Kier alpha value is -6.32. The summed E-state index contributed by atoms with van der Waals surface area (Å²) in [6.45, 7) is 0. The average molecular weight is 600 g/mol. The summed E-state index contributed by atoms with van der Waals surface area (Å²) in [6.07, 6.45) is 7.47. The smallest absolute Gasteiger partial charge is 0.0547 e. The maximum Gasteiger partial charge on any atom is 0.0547 e. The molecular weight excluding hydrogens is 571 g/mol. The lowest BCUT2D eigenvalue weighted by atomic mass is 9.98. The molecule has 0 saturated carbocycles. The Morgan fingerprint density at radius 3 is 1.36 bits per heavy atom. The van der Waals surface area contributed by atoms with Crippen molar-refractivity contribution in [2.24, 2.45) is 0 Å². The minimum Gasteiger partial charge on any atom is -0.309 e. The molecule has 0 fully saturated rings.